The van der Waals surface area contributed by atoms with Crippen LogP contribution >= 0.6 is 0 Å². The number of carbonyl (C=O) groups excluding carboxylic acids is 1. The fourth-order valence-electron chi connectivity index (χ4n) is 3.67. The van der Waals surface area contributed by atoms with E-state index in [0.717, 1.165) is 51.1 Å². The Morgan fingerprint density at radius 3 is 2.96 bits per heavy atom. The van der Waals surface area contributed by atoms with Crippen molar-refractivity contribution in [1.29, 1.82) is 0 Å². The summed E-state index contributed by atoms with van der Waals surface area (Å²) in [5, 5.41) is 7.52. The summed E-state index contributed by atoms with van der Waals surface area (Å²) in [5.74, 6) is 1.14. The molecule has 1 saturated heterocycles. The van der Waals surface area contributed by atoms with Gasteiger partial charge < -0.3 is 5.32 Å². The van der Waals surface area contributed by atoms with Crippen molar-refractivity contribution < 1.29 is 4.79 Å². The van der Waals surface area contributed by atoms with Gasteiger partial charge in [0, 0.05) is 37.9 Å². The molecule has 4 rings (SSSR count). The van der Waals surface area contributed by atoms with Gasteiger partial charge >= 0.3 is 0 Å². The third kappa shape index (κ3) is 3.93. The lowest BCUT2D eigenvalue weighted by Gasteiger charge is -2.19. The monoisotopic (exact) mass is 338 g/mol. The molecule has 2 heterocycles. The van der Waals surface area contributed by atoms with E-state index in [9.17, 15) is 4.79 Å². The third-order valence-corrected chi connectivity index (χ3v) is 5.26. The Morgan fingerprint density at radius 1 is 1.32 bits per heavy atom. The Morgan fingerprint density at radius 2 is 2.20 bits per heavy atom. The van der Waals surface area contributed by atoms with Crippen molar-refractivity contribution in [3.63, 3.8) is 0 Å². The van der Waals surface area contributed by atoms with Crippen LogP contribution in [0.15, 0.2) is 36.7 Å². The average Bonchev–Trinajstić information content (AvgIpc) is 3.13. The molecule has 0 radical (unpaired) electrons. The highest BCUT2D eigenvalue weighted by Crippen LogP contribution is 2.29. The highest BCUT2D eigenvalue weighted by atomic mass is 16.2. The van der Waals surface area contributed by atoms with Crippen molar-refractivity contribution in [3.8, 4) is 5.69 Å². The van der Waals surface area contributed by atoms with Gasteiger partial charge in [0.1, 0.15) is 0 Å². The standard InChI is InChI=1S/C20H26N4O/c1-15-3-6-19(24-9-2-8-22-24)18(11-15)14-23-10-7-16(13-23)12-21-20(25)17-4-5-17/h2-3,6,8-9,11,16-17H,4-5,7,10,12-14H2,1H3,(H,21,25)/t16-/m1/s1. The van der Waals surface area contributed by atoms with Gasteiger partial charge in [-0.15, -0.1) is 0 Å². The van der Waals surface area contributed by atoms with E-state index < -0.39 is 0 Å². The normalized spacial score (nSPS) is 20.8. The minimum absolute atomic E-state index is 0.262. The number of benzene rings is 1. The first-order valence-corrected chi connectivity index (χ1v) is 9.28. The molecule has 1 aliphatic heterocycles. The van der Waals surface area contributed by atoms with Crippen molar-refractivity contribution in [2.24, 2.45) is 11.8 Å². The van der Waals surface area contributed by atoms with E-state index in [2.05, 4.69) is 40.4 Å². The first-order chi connectivity index (χ1) is 12.2. The molecule has 1 saturated carbocycles. The van der Waals surface area contributed by atoms with Crippen molar-refractivity contribution in [1.82, 2.24) is 20.0 Å². The summed E-state index contributed by atoms with van der Waals surface area (Å²) in [4.78, 5) is 14.3. The molecule has 2 aliphatic rings. The Bertz CT molecular complexity index is 736. The van der Waals surface area contributed by atoms with Gasteiger partial charge in [-0.05, 0) is 56.3 Å². The molecule has 2 aromatic rings. The van der Waals surface area contributed by atoms with Crippen LogP contribution in [-0.4, -0.2) is 40.2 Å². The molecule has 1 aliphatic carbocycles. The van der Waals surface area contributed by atoms with Crippen LogP contribution in [-0.2, 0) is 11.3 Å². The highest BCUT2D eigenvalue weighted by molar-refractivity contribution is 5.80. The summed E-state index contributed by atoms with van der Waals surface area (Å²) in [6.45, 7) is 6.04. The van der Waals surface area contributed by atoms with Gasteiger partial charge in [-0.3, -0.25) is 9.69 Å². The number of aromatic nitrogens is 2. The number of amides is 1. The van der Waals surface area contributed by atoms with Crippen LogP contribution in [0.4, 0.5) is 0 Å². The second kappa shape index (κ2) is 7.00. The molecule has 5 nitrogen and oxygen atoms in total. The molecule has 2 fully saturated rings. The lowest BCUT2D eigenvalue weighted by Crippen LogP contribution is -2.31. The topological polar surface area (TPSA) is 50.2 Å². The van der Waals surface area contributed by atoms with Crippen LogP contribution in [0.25, 0.3) is 5.69 Å². The van der Waals surface area contributed by atoms with Crippen LogP contribution < -0.4 is 5.32 Å². The largest absolute Gasteiger partial charge is 0.356 e. The van der Waals surface area contributed by atoms with Crippen LogP contribution in [0.5, 0.6) is 0 Å². The zero-order chi connectivity index (χ0) is 17.2. The first-order valence-electron chi connectivity index (χ1n) is 9.28. The van der Waals surface area contributed by atoms with Crippen molar-refractivity contribution in [3.05, 3.63) is 47.8 Å². The second-order valence-corrected chi connectivity index (χ2v) is 7.49. The minimum atomic E-state index is 0.262. The number of nitrogens with one attached hydrogen (secondary N) is 1. The molecule has 1 N–H and O–H groups in total. The van der Waals surface area contributed by atoms with Gasteiger partial charge in [0.15, 0.2) is 0 Å². The van der Waals surface area contributed by atoms with Crippen molar-refractivity contribution >= 4 is 5.91 Å². The molecule has 0 spiro atoms. The zero-order valence-electron chi connectivity index (χ0n) is 14.8. The van der Waals surface area contributed by atoms with Crippen molar-refractivity contribution in [2.75, 3.05) is 19.6 Å². The third-order valence-electron chi connectivity index (χ3n) is 5.26. The number of nitrogens with zero attached hydrogens (tertiary/aromatic N) is 3. The van der Waals surface area contributed by atoms with E-state index in [1.54, 1.807) is 0 Å². The molecular weight excluding hydrogens is 312 g/mol. The number of hydrogen-bond acceptors (Lipinski definition) is 3. The van der Waals surface area contributed by atoms with E-state index >= 15 is 0 Å². The van der Waals surface area contributed by atoms with E-state index in [4.69, 9.17) is 0 Å². The van der Waals surface area contributed by atoms with Gasteiger partial charge in [-0.25, -0.2) is 4.68 Å². The van der Waals surface area contributed by atoms with Gasteiger partial charge in [0.05, 0.1) is 5.69 Å². The lowest BCUT2D eigenvalue weighted by molar-refractivity contribution is -0.122. The number of aryl methyl sites for hydroxylation is 1. The molecule has 1 aromatic heterocycles. The second-order valence-electron chi connectivity index (χ2n) is 7.49. The molecule has 1 aromatic carbocycles. The van der Waals surface area contributed by atoms with Crippen LogP contribution in [0.3, 0.4) is 0 Å². The number of rotatable bonds is 6. The van der Waals surface area contributed by atoms with Crippen molar-refractivity contribution in [2.45, 2.75) is 32.7 Å². The fraction of sp³-hybridized carbons (Fsp3) is 0.500. The molecule has 132 valence electrons. The SMILES string of the molecule is Cc1ccc(-n2cccn2)c(CN2CC[C@H](CNC(=O)C3CC3)C2)c1. The van der Waals surface area contributed by atoms with Gasteiger partial charge in [0.2, 0.25) is 5.91 Å². The minimum Gasteiger partial charge on any atom is -0.356 e. The summed E-state index contributed by atoms with van der Waals surface area (Å²) in [6.07, 6.45) is 7.12. The van der Waals surface area contributed by atoms with Crippen LogP contribution in [0, 0.1) is 18.8 Å². The Labute approximate surface area is 149 Å². The smallest absolute Gasteiger partial charge is 0.223 e. The molecule has 1 amide bonds. The maximum absolute atomic E-state index is 11.8. The maximum atomic E-state index is 11.8. The molecular formula is C20H26N4O. The molecule has 5 heteroatoms. The quantitative estimate of drug-likeness (QED) is 0.880. The molecule has 25 heavy (non-hydrogen) atoms. The Hall–Kier alpha value is -2.14. The Kier molecular flexibility index (Phi) is 4.57. The first kappa shape index (κ1) is 16.3. The molecule has 1 atom stereocenters. The summed E-state index contributed by atoms with van der Waals surface area (Å²) >= 11 is 0. The summed E-state index contributed by atoms with van der Waals surface area (Å²) in [5.41, 5.74) is 3.74. The molecule has 0 bridgehead atoms. The number of hydrogen-bond donors (Lipinski definition) is 1. The summed E-state index contributed by atoms with van der Waals surface area (Å²) in [7, 11) is 0. The number of carbonyl (C=O) groups is 1. The summed E-state index contributed by atoms with van der Waals surface area (Å²) < 4.78 is 1.94. The van der Waals surface area contributed by atoms with E-state index in [1.807, 2.05) is 23.1 Å². The van der Waals surface area contributed by atoms with Gasteiger partial charge in [-0.2, -0.15) is 5.10 Å². The Balaban J connectivity index is 1.38. The van der Waals surface area contributed by atoms with E-state index in [0.29, 0.717) is 11.8 Å². The van der Waals surface area contributed by atoms with Crippen LogP contribution in [0.2, 0.25) is 0 Å². The maximum Gasteiger partial charge on any atom is 0.223 e. The van der Waals surface area contributed by atoms with Gasteiger partial charge in [0.25, 0.3) is 0 Å². The average molecular weight is 338 g/mol. The predicted molar refractivity (Wildman–Crippen MR) is 97.4 cm³/mol. The predicted octanol–water partition coefficient (Wildman–Crippen LogP) is 2.53. The van der Waals surface area contributed by atoms with E-state index in [1.165, 1.54) is 11.1 Å². The van der Waals surface area contributed by atoms with E-state index in [-0.39, 0.29) is 5.91 Å². The highest BCUT2D eigenvalue weighted by Gasteiger charge is 2.30. The molecule has 0 unspecified atom stereocenters. The number of likely N-dealkylation sites (tertiary alicyclic amines) is 1. The van der Waals surface area contributed by atoms with Crippen LogP contribution in [0.1, 0.15) is 30.4 Å². The lowest BCUT2D eigenvalue weighted by atomic mass is 10.1. The zero-order valence-corrected chi connectivity index (χ0v) is 14.8. The fourth-order valence-corrected chi connectivity index (χ4v) is 3.67. The van der Waals surface area contributed by atoms with Gasteiger partial charge in [-0.1, -0.05) is 17.7 Å². The summed E-state index contributed by atoms with van der Waals surface area (Å²) in [6, 6.07) is 8.51.